The zero-order valence-electron chi connectivity index (χ0n) is 53.6. The van der Waals surface area contributed by atoms with E-state index in [-0.39, 0.29) is 25.9 Å². The van der Waals surface area contributed by atoms with Gasteiger partial charge in [0.25, 0.3) is 0 Å². The molecule has 3 N–H and O–H groups in total. The number of carbonyl (C=O) groups excluding carboxylic acids is 3. The minimum Gasteiger partial charge on any atom is -0.479 e. The Kier molecular flexibility index (Phi) is 55.1. The normalized spacial score (nSPS) is 18.2. The number of carboxylic acid groups (broad SMARTS) is 1. The van der Waals surface area contributed by atoms with Crippen LogP contribution in [-0.4, -0.2) is 89.2 Å². The van der Waals surface area contributed by atoms with E-state index >= 15 is 0 Å². The Morgan fingerprint density at radius 2 is 0.741 bits per heavy atom. The molecule has 484 valence electrons. The summed E-state index contributed by atoms with van der Waals surface area (Å²) < 4.78 is 28.5. The van der Waals surface area contributed by atoms with Crippen molar-refractivity contribution in [2.24, 2.45) is 0 Å². The summed E-state index contributed by atoms with van der Waals surface area (Å²) in [6.45, 7) is 5.76. The minimum atomic E-state index is -1.92. The topological polar surface area (TPSA) is 175 Å². The average Bonchev–Trinajstić information content (AvgIpc) is 3.46. The van der Waals surface area contributed by atoms with Gasteiger partial charge in [0, 0.05) is 19.3 Å². The van der Waals surface area contributed by atoms with E-state index in [1.807, 2.05) is 0 Å². The number of carbonyl (C=O) groups is 4. The van der Waals surface area contributed by atoms with Crippen molar-refractivity contribution in [3.63, 3.8) is 0 Å². The third kappa shape index (κ3) is 49.1. The SMILES string of the molecule is CC/C=C\C/C=C\C/C=C\C/C=C\C/C=C\CCCCCC(=O)OCC(COC1OC(C(=O)O)C(O)C(O)C1OC(=O)CCCCCC/C=C\C/C=C\C/C=C\C/C=C\CC)OC(=O)CCCCCCCCCCCCCCCCCCCCC. The molecule has 0 saturated carbocycles. The van der Waals surface area contributed by atoms with Gasteiger partial charge < -0.3 is 39.0 Å². The fourth-order valence-electron chi connectivity index (χ4n) is 9.74. The van der Waals surface area contributed by atoms with Crippen molar-refractivity contribution >= 4 is 23.9 Å². The van der Waals surface area contributed by atoms with Crippen LogP contribution in [0.2, 0.25) is 0 Å². The molecule has 0 aromatic carbocycles. The van der Waals surface area contributed by atoms with Crippen LogP contribution in [0.1, 0.15) is 278 Å². The van der Waals surface area contributed by atoms with Gasteiger partial charge >= 0.3 is 23.9 Å². The summed E-state index contributed by atoms with van der Waals surface area (Å²) in [5.41, 5.74) is 0. The van der Waals surface area contributed by atoms with Crippen molar-refractivity contribution in [1.29, 1.82) is 0 Å². The van der Waals surface area contributed by atoms with Crippen LogP contribution in [-0.2, 0) is 42.9 Å². The van der Waals surface area contributed by atoms with Crippen molar-refractivity contribution < 1.29 is 58.2 Å². The van der Waals surface area contributed by atoms with Gasteiger partial charge in [-0.25, -0.2) is 4.79 Å². The lowest BCUT2D eigenvalue weighted by Gasteiger charge is -2.40. The maximum atomic E-state index is 13.2. The highest BCUT2D eigenvalue weighted by Crippen LogP contribution is 2.27. The van der Waals surface area contributed by atoms with E-state index in [1.54, 1.807) is 0 Å². The van der Waals surface area contributed by atoms with Crippen LogP contribution in [0.4, 0.5) is 0 Å². The van der Waals surface area contributed by atoms with Crippen LogP contribution in [0.5, 0.6) is 0 Å². The number of esters is 3. The van der Waals surface area contributed by atoms with Gasteiger partial charge in [0.05, 0.1) is 6.61 Å². The molecule has 0 aromatic rings. The first-order valence-corrected chi connectivity index (χ1v) is 33.9. The van der Waals surface area contributed by atoms with Gasteiger partial charge in [-0.15, -0.1) is 0 Å². The molecule has 1 heterocycles. The Bertz CT molecular complexity index is 1890. The van der Waals surface area contributed by atoms with Crippen LogP contribution >= 0.6 is 0 Å². The highest BCUT2D eigenvalue weighted by atomic mass is 16.7. The Hall–Kier alpha value is -4.62. The minimum absolute atomic E-state index is 0.0252. The third-order valence-electron chi connectivity index (χ3n) is 14.8. The largest absolute Gasteiger partial charge is 0.479 e. The molecule has 85 heavy (non-hydrogen) atoms. The van der Waals surface area contributed by atoms with Crippen LogP contribution < -0.4 is 0 Å². The molecule has 0 amide bonds. The molecule has 0 aromatic heterocycles. The van der Waals surface area contributed by atoms with E-state index < -0.39 is 67.3 Å². The lowest BCUT2D eigenvalue weighted by Crippen LogP contribution is -2.61. The molecule has 0 aliphatic carbocycles. The molecule has 1 fully saturated rings. The van der Waals surface area contributed by atoms with E-state index in [9.17, 15) is 34.5 Å². The number of aliphatic hydroxyl groups excluding tert-OH is 2. The predicted octanol–water partition coefficient (Wildman–Crippen LogP) is 18.6. The lowest BCUT2D eigenvalue weighted by molar-refractivity contribution is -0.301. The number of unbranched alkanes of at least 4 members (excludes halogenated alkanes) is 25. The highest BCUT2D eigenvalue weighted by Gasteiger charge is 2.50. The fraction of sp³-hybridized carbons (Fsp3) is 0.699. The Morgan fingerprint density at radius 1 is 0.400 bits per heavy atom. The van der Waals surface area contributed by atoms with Crippen molar-refractivity contribution in [1.82, 2.24) is 0 Å². The van der Waals surface area contributed by atoms with Crippen LogP contribution in [0.15, 0.2) is 109 Å². The smallest absolute Gasteiger partial charge is 0.335 e. The Morgan fingerprint density at radius 3 is 1.14 bits per heavy atom. The van der Waals surface area contributed by atoms with Gasteiger partial charge in [-0.1, -0.05) is 265 Å². The van der Waals surface area contributed by atoms with Gasteiger partial charge in [-0.3, -0.25) is 14.4 Å². The average molecular weight is 1190 g/mol. The second-order valence-corrected chi connectivity index (χ2v) is 22.7. The monoisotopic (exact) mass is 1190 g/mol. The first-order valence-electron chi connectivity index (χ1n) is 33.9. The van der Waals surface area contributed by atoms with Crippen molar-refractivity contribution in [2.75, 3.05) is 13.2 Å². The second kappa shape index (κ2) is 59.7. The maximum absolute atomic E-state index is 13.2. The van der Waals surface area contributed by atoms with Gasteiger partial charge in [0.1, 0.15) is 18.8 Å². The van der Waals surface area contributed by atoms with Gasteiger partial charge in [0.2, 0.25) is 0 Å². The number of aliphatic carboxylic acids is 1. The Balaban J connectivity index is 2.69. The van der Waals surface area contributed by atoms with Crippen LogP contribution in [0.25, 0.3) is 0 Å². The van der Waals surface area contributed by atoms with E-state index in [2.05, 4.69) is 130 Å². The van der Waals surface area contributed by atoms with Gasteiger partial charge in [-0.2, -0.15) is 0 Å². The van der Waals surface area contributed by atoms with Crippen molar-refractivity contribution in [2.45, 2.75) is 314 Å². The molecule has 6 unspecified atom stereocenters. The quantitative estimate of drug-likeness (QED) is 0.0228. The van der Waals surface area contributed by atoms with Crippen molar-refractivity contribution in [3.05, 3.63) is 109 Å². The first kappa shape index (κ1) is 78.4. The lowest BCUT2D eigenvalue weighted by atomic mass is 9.98. The van der Waals surface area contributed by atoms with Crippen LogP contribution in [0.3, 0.4) is 0 Å². The molecular formula is C73H120O12. The predicted molar refractivity (Wildman–Crippen MR) is 349 cm³/mol. The zero-order chi connectivity index (χ0) is 61.7. The molecule has 0 spiro atoms. The van der Waals surface area contributed by atoms with E-state index in [0.29, 0.717) is 19.3 Å². The van der Waals surface area contributed by atoms with Gasteiger partial charge in [0.15, 0.2) is 24.6 Å². The summed E-state index contributed by atoms with van der Waals surface area (Å²) in [7, 11) is 0. The van der Waals surface area contributed by atoms with Crippen molar-refractivity contribution in [3.8, 4) is 0 Å². The van der Waals surface area contributed by atoms with Gasteiger partial charge in [-0.05, 0) is 103 Å². The van der Waals surface area contributed by atoms with Crippen LogP contribution in [0, 0.1) is 0 Å². The molecule has 1 rings (SSSR count). The number of hydrogen-bond donors (Lipinski definition) is 3. The molecule has 12 heteroatoms. The summed E-state index contributed by atoms with van der Waals surface area (Å²) in [6, 6.07) is 0. The third-order valence-corrected chi connectivity index (χ3v) is 14.8. The summed E-state index contributed by atoms with van der Waals surface area (Å²) in [5.74, 6) is -3.19. The highest BCUT2D eigenvalue weighted by molar-refractivity contribution is 5.74. The first-order chi connectivity index (χ1) is 41.6. The molecule has 0 radical (unpaired) electrons. The fourth-order valence-corrected chi connectivity index (χ4v) is 9.74. The molecule has 6 atom stereocenters. The number of carboxylic acids is 1. The number of allylic oxidation sites excluding steroid dienone is 18. The summed E-state index contributed by atoms with van der Waals surface area (Å²) in [4.78, 5) is 51.4. The summed E-state index contributed by atoms with van der Waals surface area (Å²) >= 11 is 0. The maximum Gasteiger partial charge on any atom is 0.335 e. The summed E-state index contributed by atoms with van der Waals surface area (Å²) in [6.07, 6.45) is 69.0. The Labute approximate surface area is 516 Å². The standard InChI is InChI=1S/C73H120O12/c1-4-7-10-13-16-19-22-25-28-31-33-36-38-41-44-47-50-53-56-59-65(74)81-62-64(83-66(75)60-57-54-51-48-45-42-40-37-34-32-29-26-23-20-17-14-11-8-5-2)63-82-73-71(69(78)68(77)70(85-73)72(79)80)84-67(76)61-58-55-52-49-46-43-39-35-30-27-24-21-18-15-12-9-6-3/h7,9-10,12,16,18-19,21,25,27-28,30,33,36,39,41,43-44,64,68-71,73,77-78H,4-6,8,11,13-15,17,20,22-24,26,29,31-32,34-35,37-38,40,42,45-63H2,1-3H3,(H,79,80)/b10-7-,12-9-,19-16-,21-18-,28-25-,30-27-,36-33-,43-39-,44-41-. The molecule has 0 bridgehead atoms. The number of rotatable bonds is 57. The second-order valence-electron chi connectivity index (χ2n) is 22.7. The van der Waals surface area contributed by atoms with E-state index in [4.69, 9.17) is 23.7 Å². The molecule has 1 aliphatic heterocycles. The zero-order valence-corrected chi connectivity index (χ0v) is 53.6. The summed E-state index contributed by atoms with van der Waals surface area (Å²) in [5, 5.41) is 31.6. The molecule has 12 nitrogen and oxygen atoms in total. The number of aliphatic hydroxyl groups is 2. The number of hydrogen-bond acceptors (Lipinski definition) is 11. The number of ether oxygens (including phenoxy) is 5. The molecule has 1 saturated heterocycles. The van der Waals surface area contributed by atoms with E-state index in [0.717, 1.165) is 122 Å². The molecular weight excluding hydrogens is 1070 g/mol. The molecule has 1 aliphatic rings. The van der Waals surface area contributed by atoms with E-state index in [1.165, 1.54) is 96.3 Å².